The van der Waals surface area contributed by atoms with E-state index in [1.54, 1.807) is 25.3 Å². The van der Waals surface area contributed by atoms with Crippen LogP contribution in [-0.4, -0.2) is 22.1 Å². The molecule has 1 aromatic heterocycles. The van der Waals surface area contributed by atoms with Crippen LogP contribution in [0.4, 0.5) is 0 Å². The Bertz CT molecular complexity index is 430. The predicted molar refractivity (Wildman–Crippen MR) is 64.5 cm³/mol. The Balaban J connectivity index is 2.25. The highest BCUT2D eigenvalue weighted by Gasteiger charge is 2.51. The number of hydrogen-bond acceptors (Lipinski definition) is 3. The molecule has 4 heteroatoms. The zero-order valence-corrected chi connectivity index (χ0v) is 10.4. The molecule has 0 radical (unpaired) electrons. The van der Waals surface area contributed by atoms with E-state index in [1.807, 2.05) is 6.07 Å². The van der Waals surface area contributed by atoms with Gasteiger partial charge in [0.1, 0.15) is 0 Å². The number of aliphatic carboxylic acids is 1. The summed E-state index contributed by atoms with van der Waals surface area (Å²) in [5.41, 5.74) is -0.374. The van der Waals surface area contributed by atoms with Gasteiger partial charge in [-0.25, -0.2) is 4.79 Å². The van der Waals surface area contributed by atoms with Crippen LogP contribution in [0.1, 0.15) is 32.9 Å². The third-order valence-electron chi connectivity index (χ3n) is 3.58. The Kier molecular flexibility index (Phi) is 2.70. The van der Waals surface area contributed by atoms with Gasteiger partial charge in [-0.15, -0.1) is 0 Å². The van der Waals surface area contributed by atoms with E-state index in [1.165, 1.54) is 0 Å². The molecule has 1 aliphatic rings. The van der Waals surface area contributed by atoms with Crippen molar-refractivity contribution in [2.24, 2.45) is 5.41 Å². The van der Waals surface area contributed by atoms with Gasteiger partial charge in [0.05, 0.1) is 5.69 Å². The van der Waals surface area contributed by atoms with Crippen LogP contribution in [0.3, 0.4) is 0 Å². The van der Waals surface area contributed by atoms with Crippen molar-refractivity contribution in [2.45, 2.75) is 38.8 Å². The molecule has 17 heavy (non-hydrogen) atoms. The van der Waals surface area contributed by atoms with Crippen LogP contribution in [0.25, 0.3) is 0 Å². The van der Waals surface area contributed by atoms with E-state index in [-0.39, 0.29) is 11.5 Å². The van der Waals surface area contributed by atoms with Gasteiger partial charge in [0, 0.05) is 12.2 Å². The third-order valence-corrected chi connectivity index (χ3v) is 3.58. The summed E-state index contributed by atoms with van der Waals surface area (Å²) in [5, 5.41) is 12.6. The minimum Gasteiger partial charge on any atom is -0.480 e. The van der Waals surface area contributed by atoms with Crippen LogP contribution in [0.2, 0.25) is 0 Å². The fourth-order valence-corrected chi connectivity index (χ4v) is 1.97. The van der Waals surface area contributed by atoms with Crippen molar-refractivity contribution in [1.29, 1.82) is 0 Å². The molecule has 2 unspecified atom stereocenters. The zero-order chi connectivity index (χ0) is 12.7. The minimum absolute atomic E-state index is 0.186. The van der Waals surface area contributed by atoms with Crippen LogP contribution in [-0.2, 0) is 10.3 Å². The lowest BCUT2D eigenvalue weighted by Crippen LogP contribution is -2.49. The van der Waals surface area contributed by atoms with Gasteiger partial charge in [-0.1, -0.05) is 19.9 Å². The van der Waals surface area contributed by atoms with Crippen molar-refractivity contribution in [1.82, 2.24) is 10.3 Å². The van der Waals surface area contributed by atoms with Gasteiger partial charge in [0.25, 0.3) is 0 Å². The van der Waals surface area contributed by atoms with Crippen LogP contribution in [0, 0.1) is 5.41 Å². The second-order valence-electron chi connectivity index (χ2n) is 5.53. The molecule has 4 nitrogen and oxygen atoms in total. The van der Waals surface area contributed by atoms with Gasteiger partial charge in [0.15, 0.2) is 5.54 Å². The van der Waals surface area contributed by atoms with E-state index >= 15 is 0 Å². The van der Waals surface area contributed by atoms with Gasteiger partial charge in [-0.3, -0.25) is 10.3 Å². The molecule has 0 saturated heterocycles. The Hall–Kier alpha value is -1.42. The second-order valence-corrected chi connectivity index (χ2v) is 5.53. The summed E-state index contributed by atoms with van der Waals surface area (Å²) < 4.78 is 0. The number of nitrogens with zero attached hydrogens (tertiary/aromatic N) is 1. The van der Waals surface area contributed by atoms with Crippen molar-refractivity contribution < 1.29 is 9.90 Å². The summed E-state index contributed by atoms with van der Waals surface area (Å²) in [4.78, 5) is 15.7. The number of aromatic nitrogens is 1. The lowest BCUT2D eigenvalue weighted by molar-refractivity contribution is -0.145. The fraction of sp³-hybridized carbons (Fsp3) is 0.538. The zero-order valence-electron chi connectivity index (χ0n) is 10.4. The molecule has 0 amide bonds. The van der Waals surface area contributed by atoms with Crippen LogP contribution in [0.5, 0.6) is 0 Å². The van der Waals surface area contributed by atoms with Gasteiger partial charge in [0.2, 0.25) is 0 Å². The summed E-state index contributed by atoms with van der Waals surface area (Å²) in [5.74, 6) is -0.890. The van der Waals surface area contributed by atoms with Crippen molar-refractivity contribution in [3.8, 4) is 0 Å². The molecule has 1 saturated carbocycles. The van der Waals surface area contributed by atoms with E-state index < -0.39 is 11.5 Å². The highest BCUT2D eigenvalue weighted by molar-refractivity contribution is 5.79. The maximum atomic E-state index is 11.5. The Morgan fingerprint density at radius 1 is 1.59 bits per heavy atom. The lowest BCUT2D eigenvalue weighted by Gasteiger charge is -2.26. The number of carboxylic acids is 1. The lowest BCUT2D eigenvalue weighted by atomic mass is 9.96. The average Bonchev–Trinajstić information content (AvgIpc) is 2.86. The second kappa shape index (κ2) is 3.81. The van der Waals surface area contributed by atoms with E-state index in [4.69, 9.17) is 0 Å². The monoisotopic (exact) mass is 234 g/mol. The first-order chi connectivity index (χ1) is 7.86. The van der Waals surface area contributed by atoms with Gasteiger partial charge < -0.3 is 5.11 Å². The Morgan fingerprint density at radius 2 is 2.24 bits per heavy atom. The van der Waals surface area contributed by atoms with E-state index in [9.17, 15) is 9.90 Å². The molecule has 2 rings (SSSR count). The number of rotatable bonds is 4. The molecule has 0 spiro atoms. The number of hydrogen-bond donors (Lipinski definition) is 2. The number of pyridine rings is 1. The average molecular weight is 234 g/mol. The number of carboxylic acid groups (broad SMARTS) is 1. The van der Waals surface area contributed by atoms with Crippen LogP contribution in [0.15, 0.2) is 24.4 Å². The molecule has 1 aliphatic carbocycles. The molecule has 0 bridgehead atoms. The molecule has 1 fully saturated rings. The van der Waals surface area contributed by atoms with Crippen molar-refractivity contribution >= 4 is 5.97 Å². The molecular weight excluding hydrogens is 216 g/mol. The van der Waals surface area contributed by atoms with E-state index in [0.29, 0.717) is 5.69 Å². The third kappa shape index (κ3) is 2.17. The fourth-order valence-electron chi connectivity index (χ4n) is 1.97. The van der Waals surface area contributed by atoms with Crippen LogP contribution < -0.4 is 5.32 Å². The molecule has 0 aromatic carbocycles. The Labute approximate surface area is 101 Å². The summed E-state index contributed by atoms with van der Waals surface area (Å²) in [6, 6.07) is 5.58. The van der Waals surface area contributed by atoms with Crippen molar-refractivity contribution in [3.63, 3.8) is 0 Å². The highest BCUT2D eigenvalue weighted by Crippen LogP contribution is 2.46. The molecule has 2 N–H and O–H groups in total. The first-order valence-corrected chi connectivity index (χ1v) is 5.79. The highest BCUT2D eigenvalue weighted by atomic mass is 16.4. The van der Waals surface area contributed by atoms with Crippen molar-refractivity contribution in [3.05, 3.63) is 30.1 Å². The van der Waals surface area contributed by atoms with E-state index in [2.05, 4.69) is 24.1 Å². The van der Waals surface area contributed by atoms with Gasteiger partial charge >= 0.3 is 5.97 Å². The molecule has 1 aromatic rings. The summed E-state index contributed by atoms with van der Waals surface area (Å²) in [6.45, 7) is 5.93. The number of nitrogens with one attached hydrogen (secondary N) is 1. The largest absolute Gasteiger partial charge is 0.480 e. The Morgan fingerprint density at radius 3 is 2.65 bits per heavy atom. The SMILES string of the molecule is CC(NC1CC1(C)C)(C(=O)O)c1ccccn1. The summed E-state index contributed by atoms with van der Waals surface area (Å²) in [6.07, 6.45) is 2.62. The maximum absolute atomic E-state index is 11.5. The van der Waals surface area contributed by atoms with Crippen LogP contribution >= 0.6 is 0 Å². The molecule has 2 atom stereocenters. The van der Waals surface area contributed by atoms with Gasteiger partial charge in [-0.2, -0.15) is 0 Å². The maximum Gasteiger partial charge on any atom is 0.329 e. The quantitative estimate of drug-likeness (QED) is 0.833. The van der Waals surface area contributed by atoms with Gasteiger partial charge in [-0.05, 0) is 30.9 Å². The normalized spacial score (nSPS) is 25.0. The van der Waals surface area contributed by atoms with E-state index in [0.717, 1.165) is 6.42 Å². The predicted octanol–water partition coefficient (Wildman–Crippen LogP) is 1.77. The number of carbonyl (C=O) groups is 1. The first kappa shape index (κ1) is 12.0. The first-order valence-electron chi connectivity index (χ1n) is 5.79. The smallest absolute Gasteiger partial charge is 0.329 e. The summed E-state index contributed by atoms with van der Waals surface area (Å²) >= 11 is 0. The van der Waals surface area contributed by atoms with Crippen molar-refractivity contribution in [2.75, 3.05) is 0 Å². The molecular formula is C13H18N2O2. The summed E-state index contributed by atoms with van der Waals surface area (Å²) in [7, 11) is 0. The molecule has 0 aliphatic heterocycles. The minimum atomic E-state index is -1.11. The molecule has 92 valence electrons. The topological polar surface area (TPSA) is 62.2 Å². The molecule has 1 heterocycles. The standard InChI is InChI=1S/C13H18N2O2/c1-12(2)8-10(12)15-13(3,11(16)17)9-6-4-5-7-14-9/h4-7,10,15H,8H2,1-3H3,(H,16,17).